The first kappa shape index (κ1) is 120. The number of hydrogen-bond acceptors (Lipinski definition) is 36. The number of carbonyl (C=O) groups excluding carboxylic acids is 6. The third-order valence-corrected chi connectivity index (χ3v) is 32.2. The van der Waals surface area contributed by atoms with Gasteiger partial charge in [-0.3, -0.25) is 95.7 Å². The number of aromatic nitrogens is 10. The maximum atomic E-state index is 12.8. The second-order valence-electron chi connectivity index (χ2n) is 40.8. The van der Waals surface area contributed by atoms with Crippen LogP contribution in [0.3, 0.4) is 0 Å². The number of ketones is 5. The van der Waals surface area contributed by atoms with Gasteiger partial charge in [-0.2, -0.15) is 0 Å². The molecular weight excluding hydrogens is 2020 g/mol. The van der Waals surface area contributed by atoms with Gasteiger partial charge in [-0.25, -0.2) is 28.8 Å². The number of rotatable bonds is 35. The fourth-order valence-electron chi connectivity index (χ4n) is 16.5. The molecule has 10 heterocycles. The van der Waals surface area contributed by atoms with Crippen LogP contribution >= 0.6 is 34.4 Å². The normalized spacial score (nSPS) is 25.4. The first-order valence-electron chi connectivity index (χ1n) is 46.9. The molecular formula is C96H137N10O36P5. The summed E-state index contributed by atoms with van der Waals surface area (Å²) in [6, 6.07) is 15.6. The van der Waals surface area contributed by atoms with Gasteiger partial charge in [0.1, 0.15) is 92.7 Å². The lowest BCUT2D eigenvalue weighted by Crippen LogP contribution is -2.40. The van der Waals surface area contributed by atoms with E-state index in [1.165, 1.54) is 27.0 Å². The van der Waals surface area contributed by atoms with E-state index < -0.39 is 249 Å². The molecule has 147 heavy (non-hydrogen) atoms. The summed E-state index contributed by atoms with van der Waals surface area (Å²) in [5, 5.41) is 113. The van der Waals surface area contributed by atoms with Gasteiger partial charge >= 0.3 is 34.6 Å². The number of fused-ring (bicyclic) bond motifs is 3. The number of benzene rings is 2. The standard InChI is InChI=1S/C31H35N2O9P.C17H27N2O6P.3C16H25N2O7P/c1-17(34)27(42-31(39)40-16-23-20-11-7-5-9-18(20)19-10-6-8-12-21(19)23)22-15-33(30(38)32-28(22)37)29-26(36)25(35)24(41-29)13-14-43(2,3)4;1-9(10(2)20)11-8-19(17(24)18-15(11)23)16-14(22)13(21)12(25-16)6-7-26(3,4)5;2*1-9(19)8-24-11-7-18(16(23)17-14(11)22)15-13(21)12(20)10(25-15)5-6-26(2,3)4;1-8(19)11(20)9-7-18(16(24)17-14(9)23)15-13(22)12(21)10(25-15)5-6-26(2,3)4/h5-12,15,23-27,29,35-36H,2,13-14,16H2,1,3-4H3,(H,32,37,38);8-9,12-14,16,21-22H,3,6-7H2,1-2,4-5H3,(H,18,23,24);2*7,10,12-13,15,20-21H,2,5-6,8H2,1,3-4H3,(H,17,22,23);7,10-13,15,20-22H,2,5-6H2,1,3-4H3,(H,17,23,24)/t24-,25-,26-,27?,29-;9?,12-,13-,14-,16-;2*10-,12-,13-,15-;10-,11?,12-,13-,15-/m11111/s1. The molecule has 5 aliphatic heterocycles. The molecule has 13 rings (SSSR count). The summed E-state index contributed by atoms with van der Waals surface area (Å²) in [6.45, 7) is 20.6. The third kappa shape index (κ3) is 31.8. The van der Waals surface area contributed by atoms with E-state index in [0.717, 1.165) is 108 Å². The zero-order chi connectivity index (χ0) is 110. The van der Waals surface area contributed by atoms with Crippen molar-refractivity contribution in [2.75, 3.05) is 117 Å². The van der Waals surface area contributed by atoms with Crippen molar-refractivity contribution in [2.45, 2.75) is 220 Å². The van der Waals surface area contributed by atoms with E-state index in [9.17, 15) is 133 Å². The number of hydrogen-bond donors (Lipinski definition) is 16. The van der Waals surface area contributed by atoms with Crippen molar-refractivity contribution in [3.63, 3.8) is 0 Å². The smallest absolute Gasteiger partial charge is 0.479 e. The first-order valence-corrected chi connectivity index (χ1v) is 62.1. The number of nitrogens with zero attached hydrogens (tertiary/aromatic N) is 5. The van der Waals surface area contributed by atoms with Crippen LogP contribution in [0.2, 0.25) is 0 Å². The van der Waals surface area contributed by atoms with Crippen molar-refractivity contribution < 1.29 is 128 Å². The zero-order valence-electron chi connectivity index (χ0n) is 84.7. The van der Waals surface area contributed by atoms with Crippen molar-refractivity contribution in [3.05, 3.63) is 212 Å². The molecule has 46 nitrogen and oxygen atoms in total. The Hall–Kier alpha value is -10.1. The van der Waals surface area contributed by atoms with Crippen LogP contribution in [0.4, 0.5) is 4.79 Å². The molecule has 0 amide bonds. The molecule has 51 heteroatoms. The van der Waals surface area contributed by atoms with E-state index in [1.807, 2.05) is 107 Å². The van der Waals surface area contributed by atoms with Gasteiger partial charge in [0.15, 0.2) is 60.4 Å². The van der Waals surface area contributed by atoms with E-state index in [0.29, 0.717) is 38.3 Å². The summed E-state index contributed by atoms with van der Waals surface area (Å²) < 4.78 is 54.2. The average molecular weight is 2160 g/mol. The van der Waals surface area contributed by atoms with Gasteiger partial charge in [0.2, 0.25) is 11.5 Å². The van der Waals surface area contributed by atoms with Crippen LogP contribution in [0.1, 0.15) is 157 Å². The van der Waals surface area contributed by atoms with E-state index in [2.05, 4.69) is 64.8 Å². The lowest BCUT2D eigenvalue weighted by atomic mass is 9.98. The minimum atomic E-state index is -1.71. The fraction of sp³-hybridized carbons (Fsp3) is 0.552. The number of carbonyl (C=O) groups is 6. The molecule has 6 aliphatic rings. The quantitative estimate of drug-likeness (QED) is 0.0185. The molecule has 5 saturated heterocycles. The van der Waals surface area contributed by atoms with Crippen LogP contribution in [0.25, 0.3) is 11.1 Å². The number of aliphatic hydroxyl groups is 11. The number of ether oxygens (including phenoxy) is 9. The number of H-pyrrole nitrogens is 5. The highest BCUT2D eigenvalue weighted by molar-refractivity contribution is 7.73. The summed E-state index contributed by atoms with van der Waals surface area (Å²) >= 11 is 0. The summed E-state index contributed by atoms with van der Waals surface area (Å²) in [6.07, 6.45) is 4.88. The SMILES string of the molecule is C=P(C)(C)CC[C@H]1O[C@@H](n2cc(C(C)C(C)=O)c(=O)[nH]c2=O)[C@H](O)[C@@H]1O.C=P(C)(C)CC[C@H]1O[C@@H](n2cc(C(O)C(C)=O)c(=O)[nH]c2=O)[C@H](O)[C@@H]1O.C=P(C)(C)CC[C@H]1O[C@@H](n2cc(C(OC(=O)OCC3c4ccccc4-c4ccccc43)C(C)=O)c(=O)[nH]c2=O)[C@H](O)[C@@H]1O.C=P(C)(C)CC[C@H]1O[C@@H](n2cc(OCC(C)=O)c(=O)[nH]c2=O)[C@H](O)[C@@H]1O.C=P(C)(C)CC[C@H]1O[C@@H](n2cc(OCC(C)=O)c(=O)[nH]c2=O)[C@H](O)[C@@H]1O. The van der Waals surface area contributed by atoms with Crippen LogP contribution in [-0.4, -0.2) is 379 Å². The Labute approximate surface area is 843 Å². The Morgan fingerprint density at radius 3 is 0.891 bits per heavy atom. The van der Waals surface area contributed by atoms with Crippen LogP contribution in [0.15, 0.2) is 127 Å². The monoisotopic (exact) mass is 2160 g/mol. The predicted octanol–water partition coefficient (Wildman–Crippen LogP) is 0.122. The second-order valence-corrected chi connectivity index (χ2v) is 62.4. The number of Topliss-reactive ketones (excluding diaryl/α,β-unsaturated/α-hetero) is 5. The topological polar surface area (TPSA) is 682 Å². The summed E-state index contributed by atoms with van der Waals surface area (Å²) in [5.41, 5.74) is -4.84. The molecule has 0 radical (unpaired) electrons. The Bertz CT molecular complexity index is 6540. The van der Waals surface area contributed by atoms with Crippen molar-refractivity contribution in [1.82, 2.24) is 47.8 Å². The zero-order valence-corrected chi connectivity index (χ0v) is 89.2. The van der Waals surface area contributed by atoms with Crippen LogP contribution < -0.4 is 65.7 Å². The van der Waals surface area contributed by atoms with Gasteiger partial charge in [-0.05, 0) is 186 Å². The molecule has 3 unspecified atom stereocenters. The van der Waals surface area contributed by atoms with Crippen LogP contribution in [0, 0.1) is 0 Å². The number of nitrogens with one attached hydrogen (secondary N) is 5. The van der Waals surface area contributed by atoms with E-state index in [1.54, 1.807) is 6.92 Å². The molecule has 1 aliphatic carbocycles. The van der Waals surface area contributed by atoms with Crippen molar-refractivity contribution in [2.24, 2.45) is 0 Å². The Kier molecular flexibility index (Phi) is 41.2. The molecule has 0 spiro atoms. The van der Waals surface area contributed by atoms with Gasteiger partial charge in [0.05, 0.1) is 54.0 Å². The van der Waals surface area contributed by atoms with Gasteiger partial charge < -0.3 is 98.8 Å². The highest BCUT2D eigenvalue weighted by Crippen LogP contribution is 2.48. The highest BCUT2D eigenvalue weighted by Gasteiger charge is 2.50. The largest absolute Gasteiger partial charge is 0.509 e. The summed E-state index contributed by atoms with van der Waals surface area (Å²) in [5.74, 6) is -3.66. The predicted molar refractivity (Wildman–Crippen MR) is 560 cm³/mol. The Balaban J connectivity index is 0.000000208. The summed E-state index contributed by atoms with van der Waals surface area (Å²) in [7, 11) is 0. The Morgan fingerprint density at radius 1 is 0.361 bits per heavy atom. The van der Waals surface area contributed by atoms with Gasteiger partial charge in [0.25, 0.3) is 27.8 Å². The second kappa shape index (κ2) is 50.2. The molecule has 5 aromatic heterocycles. The van der Waals surface area contributed by atoms with E-state index in [-0.39, 0.29) is 71.3 Å². The minimum absolute atomic E-state index is 0.0684. The van der Waals surface area contributed by atoms with Crippen molar-refractivity contribution in [3.8, 4) is 22.6 Å². The molecule has 16 N–H and O–H groups in total. The first-order chi connectivity index (χ1) is 68.2. The van der Waals surface area contributed by atoms with Gasteiger partial charge in [-0.15, -0.1) is 65.9 Å². The lowest BCUT2D eigenvalue weighted by Gasteiger charge is -2.21. The number of aromatic amines is 5. The van der Waals surface area contributed by atoms with Crippen LogP contribution in [-0.2, 0) is 57.1 Å². The molecule has 23 atom stereocenters. The van der Waals surface area contributed by atoms with E-state index in [4.69, 9.17) is 42.6 Å². The molecule has 0 saturated carbocycles. The molecule has 0 bridgehead atoms. The number of aliphatic hydroxyl groups excluding tert-OH is 11. The van der Waals surface area contributed by atoms with Crippen molar-refractivity contribution >= 4 is 101 Å². The minimum Gasteiger partial charge on any atom is -0.479 e. The lowest BCUT2D eigenvalue weighted by molar-refractivity contribution is -0.127. The van der Waals surface area contributed by atoms with Gasteiger partial charge in [-0.1, -0.05) is 55.5 Å². The maximum absolute atomic E-state index is 12.8. The maximum Gasteiger partial charge on any atom is 0.509 e. The van der Waals surface area contributed by atoms with Crippen LogP contribution in [0.5, 0.6) is 11.5 Å². The molecule has 7 aromatic rings. The summed E-state index contributed by atoms with van der Waals surface area (Å²) in [4.78, 5) is 202. The molecule has 2 aromatic carbocycles. The highest BCUT2D eigenvalue weighted by atomic mass is 31.2. The fourth-order valence-corrected chi connectivity index (χ4v) is 21.3. The molecule has 812 valence electrons. The Morgan fingerprint density at radius 2 is 0.619 bits per heavy atom. The average Bonchev–Trinajstić information content (AvgIpc) is 1.61. The molecule has 5 fully saturated rings. The third-order valence-electron chi connectivity index (χ3n) is 24.8. The van der Waals surface area contributed by atoms with Gasteiger partial charge in [0, 0.05) is 36.0 Å². The van der Waals surface area contributed by atoms with E-state index >= 15 is 0 Å². The van der Waals surface area contributed by atoms with Crippen molar-refractivity contribution in [1.29, 1.82) is 0 Å².